The smallest absolute Gasteiger partial charge is 0.338 e. The lowest BCUT2D eigenvalue weighted by molar-refractivity contribution is 0.0526. The zero-order chi connectivity index (χ0) is 39.2. The van der Waals surface area contributed by atoms with Crippen LogP contribution in [0, 0.1) is 13.8 Å². The maximum Gasteiger partial charge on any atom is 0.338 e. The van der Waals surface area contributed by atoms with E-state index in [0.29, 0.717) is 23.7 Å². The molecular weight excluding hydrogens is 707 g/mol. The molecule has 0 unspecified atom stereocenters. The van der Waals surface area contributed by atoms with Crippen molar-refractivity contribution in [3.05, 3.63) is 209 Å². The molecule has 57 heavy (non-hydrogen) atoms. The Kier molecular flexibility index (Phi) is 10.5. The van der Waals surface area contributed by atoms with E-state index in [0.717, 1.165) is 61.5 Å². The van der Waals surface area contributed by atoms with Gasteiger partial charge >= 0.3 is 5.97 Å². The Morgan fingerprint density at radius 1 is 0.649 bits per heavy atom. The number of aromatic nitrogens is 5. The van der Waals surface area contributed by atoms with E-state index in [2.05, 4.69) is 66.7 Å². The fraction of sp³-hybridized carbons (Fsp3) is 0.122. The van der Waals surface area contributed by atoms with Crippen molar-refractivity contribution in [2.45, 2.75) is 32.9 Å². The number of rotatable bonds is 12. The van der Waals surface area contributed by atoms with Gasteiger partial charge in [-0.25, -0.2) is 4.79 Å². The second-order valence-electron chi connectivity index (χ2n) is 13.8. The molecule has 8 rings (SSSR count). The van der Waals surface area contributed by atoms with Gasteiger partial charge < -0.3 is 9.47 Å². The van der Waals surface area contributed by atoms with E-state index in [-0.39, 0.29) is 12.6 Å². The Bertz CT molecular complexity index is 2510. The number of carbonyl (C=O) groups excluding carboxylic acids is 1. The number of pyridine rings is 1. The SMILES string of the molecule is CCOC(=O)c1ccc(-c2c(OCc3ccc(-c4ccccc4)c(-c4nnn(C(c5ccccc5)(c5ccccc5)c5ccccc5)n4)c3)cc(C)nc2C)cc1. The normalized spacial score (nSPS) is 11.3. The Morgan fingerprint density at radius 3 is 1.81 bits per heavy atom. The quantitative estimate of drug-likeness (QED) is 0.0908. The molecule has 2 aromatic heterocycles. The molecule has 0 fully saturated rings. The van der Waals surface area contributed by atoms with Crippen LogP contribution in [0.3, 0.4) is 0 Å². The first kappa shape index (κ1) is 36.8. The third-order valence-corrected chi connectivity index (χ3v) is 10.1. The summed E-state index contributed by atoms with van der Waals surface area (Å²) in [5, 5.41) is 14.9. The number of carbonyl (C=O) groups is 1. The van der Waals surface area contributed by atoms with Crippen molar-refractivity contribution in [2.24, 2.45) is 0 Å². The van der Waals surface area contributed by atoms with Crippen LogP contribution in [0.4, 0.5) is 0 Å². The van der Waals surface area contributed by atoms with Crippen molar-refractivity contribution in [1.29, 1.82) is 0 Å². The van der Waals surface area contributed by atoms with Gasteiger partial charge in [-0.3, -0.25) is 4.98 Å². The predicted octanol–water partition coefficient (Wildman–Crippen LogP) is 10.3. The molecule has 6 aromatic carbocycles. The Labute approximate surface area is 332 Å². The van der Waals surface area contributed by atoms with E-state index < -0.39 is 5.54 Å². The number of nitrogens with zero attached hydrogens (tertiary/aromatic N) is 5. The first-order valence-electron chi connectivity index (χ1n) is 19.0. The van der Waals surface area contributed by atoms with Gasteiger partial charge in [-0.15, -0.1) is 15.0 Å². The molecule has 0 amide bonds. The molecular formula is C49H41N5O3. The molecule has 2 heterocycles. The zero-order valence-electron chi connectivity index (χ0n) is 32.0. The first-order chi connectivity index (χ1) is 27.9. The lowest BCUT2D eigenvalue weighted by atomic mass is 9.77. The van der Waals surface area contributed by atoms with Crippen molar-refractivity contribution in [2.75, 3.05) is 6.61 Å². The van der Waals surface area contributed by atoms with E-state index in [4.69, 9.17) is 29.9 Å². The molecule has 0 aliphatic heterocycles. The molecule has 0 saturated heterocycles. The molecule has 0 aliphatic rings. The zero-order valence-corrected chi connectivity index (χ0v) is 32.0. The topological polar surface area (TPSA) is 92.0 Å². The molecule has 8 aromatic rings. The molecule has 0 aliphatic carbocycles. The average Bonchev–Trinajstić information content (AvgIpc) is 3.75. The minimum atomic E-state index is -0.912. The van der Waals surface area contributed by atoms with Crippen LogP contribution in [0.5, 0.6) is 5.75 Å². The maximum atomic E-state index is 12.3. The molecule has 0 atom stereocenters. The molecule has 0 radical (unpaired) electrons. The lowest BCUT2D eigenvalue weighted by Crippen LogP contribution is -2.39. The summed E-state index contributed by atoms with van der Waals surface area (Å²) in [4.78, 5) is 18.8. The highest BCUT2D eigenvalue weighted by molar-refractivity contribution is 5.90. The van der Waals surface area contributed by atoms with Crippen LogP contribution in [-0.4, -0.2) is 37.8 Å². The summed E-state index contributed by atoms with van der Waals surface area (Å²) in [5.74, 6) is 0.829. The minimum absolute atomic E-state index is 0.273. The number of esters is 1. The van der Waals surface area contributed by atoms with Gasteiger partial charge in [0.2, 0.25) is 5.82 Å². The van der Waals surface area contributed by atoms with Crippen LogP contribution in [0.2, 0.25) is 0 Å². The van der Waals surface area contributed by atoms with Crippen LogP contribution in [0.25, 0.3) is 33.6 Å². The maximum absolute atomic E-state index is 12.3. The van der Waals surface area contributed by atoms with Crippen molar-refractivity contribution in [3.63, 3.8) is 0 Å². The van der Waals surface area contributed by atoms with E-state index in [1.807, 2.05) is 105 Å². The van der Waals surface area contributed by atoms with Gasteiger partial charge in [0.1, 0.15) is 12.4 Å². The number of ether oxygens (including phenoxy) is 2. The summed E-state index contributed by atoms with van der Waals surface area (Å²) in [6, 6.07) is 56.8. The summed E-state index contributed by atoms with van der Waals surface area (Å²) in [5.41, 5.74) is 9.78. The van der Waals surface area contributed by atoms with Gasteiger partial charge in [0.05, 0.1) is 12.2 Å². The molecule has 0 N–H and O–H groups in total. The molecule has 280 valence electrons. The van der Waals surface area contributed by atoms with Crippen LogP contribution >= 0.6 is 0 Å². The highest BCUT2D eigenvalue weighted by Gasteiger charge is 2.41. The van der Waals surface area contributed by atoms with Crippen molar-refractivity contribution in [1.82, 2.24) is 25.2 Å². The van der Waals surface area contributed by atoms with Gasteiger partial charge in [0.15, 0.2) is 5.54 Å². The second-order valence-corrected chi connectivity index (χ2v) is 13.8. The largest absolute Gasteiger partial charge is 0.488 e. The third-order valence-electron chi connectivity index (χ3n) is 10.1. The minimum Gasteiger partial charge on any atom is -0.488 e. The number of benzene rings is 6. The standard InChI is InChI=1S/C49H41N5O3/c1-4-56-48(55)39-28-26-38(27-29-39)46-35(3)50-34(2)31-45(46)57-33-36-25-30-43(37-17-9-5-10-18-37)44(32-36)47-51-53-54(52-47)49(40-19-11-6-12-20-40,41-21-13-7-14-22-41)42-23-15-8-16-24-42/h5-32H,4,33H2,1-3H3. The number of tetrazole rings is 1. The van der Waals surface area contributed by atoms with Crippen LogP contribution in [-0.2, 0) is 16.9 Å². The number of hydrogen-bond acceptors (Lipinski definition) is 7. The summed E-state index contributed by atoms with van der Waals surface area (Å²) in [6.45, 7) is 6.31. The molecule has 8 heteroatoms. The fourth-order valence-electron chi connectivity index (χ4n) is 7.49. The van der Waals surface area contributed by atoms with Crippen molar-refractivity contribution < 1.29 is 14.3 Å². The summed E-state index contributed by atoms with van der Waals surface area (Å²) >= 11 is 0. The van der Waals surface area contributed by atoms with E-state index >= 15 is 0 Å². The predicted molar refractivity (Wildman–Crippen MR) is 223 cm³/mol. The average molecular weight is 748 g/mol. The Morgan fingerprint density at radius 2 is 1.23 bits per heavy atom. The molecule has 0 spiro atoms. The Hall–Kier alpha value is -7.19. The van der Waals surface area contributed by atoms with Gasteiger partial charge in [0, 0.05) is 28.6 Å². The molecule has 0 saturated carbocycles. The molecule has 0 bridgehead atoms. The first-order valence-corrected chi connectivity index (χ1v) is 19.0. The van der Waals surface area contributed by atoms with E-state index in [1.54, 1.807) is 23.9 Å². The van der Waals surface area contributed by atoms with Crippen molar-refractivity contribution >= 4 is 5.97 Å². The van der Waals surface area contributed by atoms with Crippen LogP contribution in [0.1, 0.15) is 50.9 Å². The second kappa shape index (κ2) is 16.3. The van der Waals surface area contributed by atoms with Gasteiger partial charge in [-0.05, 0) is 83.1 Å². The Balaban J connectivity index is 1.21. The number of hydrogen-bond donors (Lipinski definition) is 0. The summed E-state index contributed by atoms with van der Waals surface area (Å²) in [6.07, 6.45) is 0. The third kappa shape index (κ3) is 7.33. The highest BCUT2D eigenvalue weighted by atomic mass is 16.5. The van der Waals surface area contributed by atoms with Crippen molar-refractivity contribution in [3.8, 4) is 39.4 Å². The van der Waals surface area contributed by atoms with E-state index in [9.17, 15) is 4.79 Å². The van der Waals surface area contributed by atoms with Gasteiger partial charge in [-0.1, -0.05) is 146 Å². The highest BCUT2D eigenvalue weighted by Crippen LogP contribution is 2.41. The summed E-state index contributed by atoms with van der Waals surface area (Å²) in [7, 11) is 0. The summed E-state index contributed by atoms with van der Waals surface area (Å²) < 4.78 is 11.8. The van der Waals surface area contributed by atoms with Crippen LogP contribution in [0.15, 0.2) is 170 Å². The van der Waals surface area contributed by atoms with E-state index in [1.165, 1.54) is 0 Å². The van der Waals surface area contributed by atoms with Gasteiger partial charge in [0.25, 0.3) is 0 Å². The lowest BCUT2D eigenvalue weighted by Gasteiger charge is -2.34. The monoisotopic (exact) mass is 747 g/mol. The van der Waals surface area contributed by atoms with Crippen LogP contribution < -0.4 is 4.74 Å². The fourth-order valence-corrected chi connectivity index (χ4v) is 7.49. The van der Waals surface area contributed by atoms with Gasteiger partial charge in [-0.2, -0.15) is 0 Å². The number of aryl methyl sites for hydroxylation is 2. The molecule has 8 nitrogen and oxygen atoms in total.